The second-order valence-corrected chi connectivity index (χ2v) is 7.01. The molecule has 0 spiro atoms. The Labute approximate surface area is 129 Å². The SMILES string of the molecule is Cc1cccc(NC(=O)CN(Cc2ccco2)S(C)(=O)=O)c1. The van der Waals surface area contributed by atoms with E-state index < -0.39 is 15.9 Å². The fraction of sp³-hybridized carbons (Fsp3) is 0.267. The summed E-state index contributed by atoms with van der Waals surface area (Å²) >= 11 is 0. The van der Waals surface area contributed by atoms with Gasteiger partial charge in [-0.25, -0.2) is 8.42 Å². The number of anilines is 1. The molecule has 0 aliphatic carbocycles. The summed E-state index contributed by atoms with van der Waals surface area (Å²) < 4.78 is 29.8. The standard InChI is InChI=1S/C15H18N2O4S/c1-12-5-3-6-13(9-12)16-15(18)11-17(22(2,19)20)10-14-7-4-8-21-14/h3-9H,10-11H2,1-2H3,(H,16,18). The van der Waals surface area contributed by atoms with Crippen LogP contribution in [0.5, 0.6) is 0 Å². The summed E-state index contributed by atoms with van der Waals surface area (Å²) in [7, 11) is -3.52. The summed E-state index contributed by atoms with van der Waals surface area (Å²) in [5.41, 5.74) is 1.64. The van der Waals surface area contributed by atoms with Crippen molar-refractivity contribution in [3.63, 3.8) is 0 Å². The van der Waals surface area contributed by atoms with E-state index in [4.69, 9.17) is 4.42 Å². The number of carbonyl (C=O) groups excluding carboxylic acids is 1. The van der Waals surface area contributed by atoms with Crippen molar-refractivity contribution in [1.82, 2.24) is 4.31 Å². The van der Waals surface area contributed by atoms with Crippen molar-refractivity contribution in [3.05, 3.63) is 54.0 Å². The summed E-state index contributed by atoms with van der Waals surface area (Å²) in [6.45, 7) is 1.66. The van der Waals surface area contributed by atoms with Crippen LogP contribution in [0.1, 0.15) is 11.3 Å². The number of nitrogens with zero attached hydrogens (tertiary/aromatic N) is 1. The third-order valence-corrected chi connectivity index (χ3v) is 4.20. The maximum atomic E-state index is 12.1. The summed E-state index contributed by atoms with van der Waals surface area (Å²) in [6, 6.07) is 10.6. The number of hydrogen-bond donors (Lipinski definition) is 1. The minimum Gasteiger partial charge on any atom is -0.468 e. The van der Waals surface area contributed by atoms with Gasteiger partial charge in [0.25, 0.3) is 0 Å². The third kappa shape index (κ3) is 4.71. The van der Waals surface area contributed by atoms with Crippen molar-refractivity contribution in [1.29, 1.82) is 0 Å². The summed E-state index contributed by atoms with van der Waals surface area (Å²) in [5, 5.41) is 2.69. The van der Waals surface area contributed by atoms with Gasteiger partial charge in [0.2, 0.25) is 15.9 Å². The second kappa shape index (κ2) is 6.76. The fourth-order valence-electron chi connectivity index (χ4n) is 1.95. The van der Waals surface area contributed by atoms with Crippen LogP contribution in [-0.2, 0) is 21.4 Å². The predicted octanol–water partition coefficient (Wildman–Crippen LogP) is 1.99. The fourth-order valence-corrected chi connectivity index (χ4v) is 2.66. The molecule has 0 saturated heterocycles. The first kappa shape index (κ1) is 16.3. The zero-order valence-corrected chi connectivity index (χ0v) is 13.3. The summed E-state index contributed by atoms with van der Waals surface area (Å²) in [5.74, 6) is 0.0800. The number of nitrogens with one attached hydrogen (secondary N) is 1. The zero-order valence-electron chi connectivity index (χ0n) is 12.4. The Hall–Kier alpha value is -2.12. The highest BCUT2D eigenvalue weighted by atomic mass is 32.2. The van der Waals surface area contributed by atoms with Gasteiger partial charge in [-0.15, -0.1) is 0 Å². The molecule has 1 heterocycles. The Morgan fingerprint density at radius 1 is 1.27 bits per heavy atom. The van der Waals surface area contributed by atoms with Crippen LogP contribution in [0.25, 0.3) is 0 Å². The van der Waals surface area contributed by atoms with Crippen LogP contribution in [0, 0.1) is 6.92 Å². The van der Waals surface area contributed by atoms with E-state index in [-0.39, 0.29) is 13.1 Å². The van der Waals surface area contributed by atoms with E-state index in [1.807, 2.05) is 25.1 Å². The predicted molar refractivity (Wildman–Crippen MR) is 83.8 cm³/mol. The van der Waals surface area contributed by atoms with Gasteiger partial charge in [0.15, 0.2) is 0 Å². The molecule has 22 heavy (non-hydrogen) atoms. The van der Waals surface area contributed by atoms with Crippen LogP contribution in [-0.4, -0.2) is 31.4 Å². The summed E-state index contributed by atoms with van der Waals surface area (Å²) in [4.78, 5) is 12.1. The minimum atomic E-state index is -3.52. The molecule has 1 aromatic carbocycles. The molecule has 118 valence electrons. The van der Waals surface area contributed by atoms with Gasteiger partial charge in [-0.3, -0.25) is 4.79 Å². The highest BCUT2D eigenvalue weighted by Crippen LogP contribution is 2.12. The molecule has 1 amide bonds. The molecular formula is C15H18N2O4S. The molecule has 0 atom stereocenters. The van der Waals surface area contributed by atoms with Gasteiger partial charge in [0.05, 0.1) is 25.6 Å². The molecule has 0 fully saturated rings. The van der Waals surface area contributed by atoms with Crippen LogP contribution in [0.2, 0.25) is 0 Å². The van der Waals surface area contributed by atoms with Gasteiger partial charge in [-0.1, -0.05) is 12.1 Å². The van der Waals surface area contributed by atoms with Gasteiger partial charge in [-0.2, -0.15) is 4.31 Å². The molecule has 0 aliphatic rings. The lowest BCUT2D eigenvalue weighted by molar-refractivity contribution is -0.116. The van der Waals surface area contributed by atoms with E-state index in [2.05, 4.69) is 5.32 Å². The average molecular weight is 322 g/mol. The average Bonchev–Trinajstić information content (AvgIpc) is 2.89. The lowest BCUT2D eigenvalue weighted by atomic mass is 10.2. The van der Waals surface area contributed by atoms with Gasteiger partial charge in [-0.05, 0) is 36.8 Å². The molecule has 0 bridgehead atoms. The molecule has 2 aromatic rings. The van der Waals surface area contributed by atoms with Crippen LogP contribution >= 0.6 is 0 Å². The normalized spacial score (nSPS) is 11.6. The largest absolute Gasteiger partial charge is 0.468 e. The molecular weight excluding hydrogens is 304 g/mol. The van der Waals surface area contributed by atoms with Crippen molar-refractivity contribution in [2.75, 3.05) is 18.1 Å². The van der Waals surface area contributed by atoms with Crippen molar-refractivity contribution >= 4 is 21.6 Å². The van der Waals surface area contributed by atoms with Crippen molar-refractivity contribution in [2.45, 2.75) is 13.5 Å². The Balaban J connectivity index is 2.05. The van der Waals surface area contributed by atoms with E-state index in [1.165, 1.54) is 6.26 Å². The lowest BCUT2D eigenvalue weighted by Crippen LogP contribution is -2.36. The monoisotopic (exact) mass is 322 g/mol. The lowest BCUT2D eigenvalue weighted by Gasteiger charge is -2.18. The first-order chi connectivity index (χ1) is 10.3. The van der Waals surface area contributed by atoms with Crippen LogP contribution < -0.4 is 5.32 Å². The number of sulfonamides is 1. The van der Waals surface area contributed by atoms with Gasteiger partial charge in [0, 0.05) is 5.69 Å². The maximum absolute atomic E-state index is 12.1. The highest BCUT2D eigenvalue weighted by molar-refractivity contribution is 7.88. The van der Waals surface area contributed by atoms with Gasteiger partial charge >= 0.3 is 0 Å². The molecule has 1 aromatic heterocycles. The number of furan rings is 1. The zero-order chi connectivity index (χ0) is 16.2. The molecule has 1 N–H and O–H groups in total. The molecule has 0 saturated carbocycles. The number of hydrogen-bond acceptors (Lipinski definition) is 4. The Morgan fingerprint density at radius 3 is 2.64 bits per heavy atom. The molecule has 0 unspecified atom stereocenters. The van der Waals surface area contributed by atoms with Crippen LogP contribution in [0.3, 0.4) is 0 Å². The Morgan fingerprint density at radius 2 is 2.05 bits per heavy atom. The number of aryl methyl sites for hydroxylation is 1. The Bertz CT molecular complexity index is 739. The van der Waals surface area contributed by atoms with E-state index >= 15 is 0 Å². The molecule has 0 radical (unpaired) electrons. The first-order valence-corrected chi connectivity index (χ1v) is 8.53. The maximum Gasteiger partial charge on any atom is 0.239 e. The van der Waals surface area contributed by atoms with E-state index in [1.54, 1.807) is 18.2 Å². The number of carbonyl (C=O) groups is 1. The van der Waals surface area contributed by atoms with E-state index in [0.717, 1.165) is 16.1 Å². The first-order valence-electron chi connectivity index (χ1n) is 6.68. The van der Waals surface area contributed by atoms with E-state index in [0.29, 0.717) is 11.4 Å². The quantitative estimate of drug-likeness (QED) is 0.882. The molecule has 2 rings (SSSR count). The number of amides is 1. The Kier molecular flexibility index (Phi) is 4.99. The molecule has 0 aliphatic heterocycles. The summed E-state index contributed by atoms with van der Waals surface area (Å²) in [6.07, 6.45) is 2.53. The smallest absolute Gasteiger partial charge is 0.239 e. The van der Waals surface area contributed by atoms with Gasteiger partial charge < -0.3 is 9.73 Å². The number of benzene rings is 1. The molecule has 7 heteroatoms. The third-order valence-electron chi connectivity index (χ3n) is 3.00. The second-order valence-electron chi connectivity index (χ2n) is 5.03. The van der Waals surface area contributed by atoms with Crippen LogP contribution in [0.15, 0.2) is 47.1 Å². The van der Waals surface area contributed by atoms with Crippen molar-refractivity contribution < 1.29 is 17.6 Å². The molecule has 6 nitrogen and oxygen atoms in total. The van der Waals surface area contributed by atoms with E-state index in [9.17, 15) is 13.2 Å². The highest BCUT2D eigenvalue weighted by Gasteiger charge is 2.21. The van der Waals surface area contributed by atoms with Crippen molar-refractivity contribution in [2.24, 2.45) is 0 Å². The van der Waals surface area contributed by atoms with Gasteiger partial charge in [0.1, 0.15) is 5.76 Å². The van der Waals surface area contributed by atoms with Crippen LogP contribution in [0.4, 0.5) is 5.69 Å². The van der Waals surface area contributed by atoms with Crippen molar-refractivity contribution in [3.8, 4) is 0 Å². The topological polar surface area (TPSA) is 79.6 Å². The minimum absolute atomic E-state index is 0.0209. The number of rotatable bonds is 6.